The molecule has 0 bridgehead atoms. The van der Waals surface area contributed by atoms with Gasteiger partial charge in [0.1, 0.15) is 0 Å². The third kappa shape index (κ3) is 2.54. The third-order valence-electron chi connectivity index (χ3n) is 3.57. The van der Waals surface area contributed by atoms with Crippen LogP contribution in [-0.4, -0.2) is 26.8 Å². The van der Waals surface area contributed by atoms with Crippen LogP contribution in [0.4, 0.5) is 0 Å². The van der Waals surface area contributed by atoms with Gasteiger partial charge in [0.05, 0.1) is 23.0 Å². The zero-order valence-corrected chi connectivity index (χ0v) is 11.3. The highest BCUT2D eigenvalue weighted by Crippen LogP contribution is 2.19. The Hall–Kier alpha value is -1.39. The lowest BCUT2D eigenvalue weighted by molar-refractivity contribution is 0.0557. The van der Waals surface area contributed by atoms with Gasteiger partial charge in [-0.3, -0.25) is 0 Å². The molecule has 4 heteroatoms. The summed E-state index contributed by atoms with van der Waals surface area (Å²) in [5.41, 5.74) is 9.35. The van der Waals surface area contributed by atoms with Gasteiger partial charge in [0, 0.05) is 13.1 Å². The fourth-order valence-corrected chi connectivity index (χ4v) is 1.95. The lowest BCUT2D eigenvalue weighted by Crippen LogP contribution is -2.35. The van der Waals surface area contributed by atoms with Gasteiger partial charge in [-0.05, 0) is 50.5 Å². The molecule has 18 heavy (non-hydrogen) atoms. The molecule has 1 heterocycles. The second kappa shape index (κ2) is 4.71. The van der Waals surface area contributed by atoms with E-state index in [2.05, 4.69) is 35.5 Å². The Labute approximate surface area is 107 Å². The van der Waals surface area contributed by atoms with Crippen molar-refractivity contribution >= 4 is 11.0 Å². The number of fused-ring (bicyclic) bond motifs is 1. The summed E-state index contributed by atoms with van der Waals surface area (Å²) in [6, 6.07) is 4.25. The lowest BCUT2D eigenvalue weighted by atomic mass is 10.0. The Kier molecular flexibility index (Phi) is 3.41. The predicted molar refractivity (Wildman–Crippen MR) is 73.5 cm³/mol. The Morgan fingerprint density at radius 1 is 1.33 bits per heavy atom. The summed E-state index contributed by atoms with van der Waals surface area (Å²) in [7, 11) is 0. The minimum atomic E-state index is -0.809. The number of aliphatic hydroxyl groups is 1. The molecule has 1 unspecified atom stereocenters. The molecule has 0 amide bonds. The van der Waals surface area contributed by atoms with Crippen LogP contribution in [0.1, 0.15) is 24.5 Å². The fourth-order valence-electron chi connectivity index (χ4n) is 1.95. The van der Waals surface area contributed by atoms with E-state index in [1.54, 1.807) is 6.92 Å². The highest BCUT2D eigenvalue weighted by molar-refractivity contribution is 5.77. The minimum absolute atomic E-state index is 0.276. The van der Waals surface area contributed by atoms with Crippen LogP contribution in [0.2, 0.25) is 0 Å². The average Bonchev–Trinajstić information content (AvgIpc) is 2.70. The normalized spacial score (nSPS) is 14.9. The van der Waals surface area contributed by atoms with Crippen molar-refractivity contribution in [2.75, 3.05) is 6.54 Å². The Morgan fingerprint density at radius 3 is 2.67 bits per heavy atom. The minimum Gasteiger partial charge on any atom is -0.389 e. The number of rotatable bonds is 4. The molecule has 4 nitrogen and oxygen atoms in total. The Balaban J connectivity index is 2.27. The first kappa shape index (κ1) is 13.1. The number of aromatic nitrogens is 2. The monoisotopic (exact) mass is 247 g/mol. The molecule has 2 aromatic rings. The van der Waals surface area contributed by atoms with Gasteiger partial charge in [0.15, 0.2) is 0 Å². The van der Waals surface area contributed by atoms with Crippen LogP contribution >= 0.6 is 0 Å². The van der Waals surface area contributed by atoms with E-state index >= 15 is 0 Å². The summed E-state index contributed by atoms with van der Waals surface area (Å²) >= 11 is 0. The molecule has 1 aromatic heterocycles. The van der Waals surface area contributed by atoms with E-state index in [0.29, 0.717) is 6.42 Å². The molecular formula is C14H21N3O. The standard InChI is InChI=1S/C14H21N3O/c1-10-6-12-13(7-11(10)2)17(9-16-12)5-4-14(3,18)8-15/h6-7,9,18H,4-5,8,15H2,1-3H3. The molecule has 0 spiro atoms. The number of benzene rings is 1. The molecule has 0 aliphatic heterocycles. The Morgan fingerprint density at radius 2 is 2.00 bits per heavy atom. The van der Waals surface area contributed by atoms with E-state index in [0.717, 1.165) is 17.6 Å². The van der Waals surface area contributed by atoms with Crippen LogP contribution in [0.5, 0.6) is 0 Å². The maximum Gasteiger partial charge on any atom is 0.0958 e. The second-order valence-electron chi connectivity index (χ2n) is 5.31. The number of hydrogen-bond acceptors (Lipinski definition) is 3. The van der Waals surface area contributed by atoms with Gasteiger partial charge in [-0.15, -0.1) is 0 Å². The largest absolute Gasteiger partial charge is 0.389 e. The summed E-state index contributed by atoms with van der Waals surface area (Å²) in [5, 5.41) is 9.93. The maximum absolute atomic E-state index is 9.93. The third-order valence-corrected chi connectivity index (χ3v) is 3.57. The van der Waals surface area contributed by atoms with Gasteiger partial charge in [-0.2, -0.15) is 0 Å². The first-order valence-electron chi connectivity index (χ1n) is 6.27. The second-order valence-corrected chi connectivity index (χ2v) is 5.31. The van der Waals surface area contributed by atoms with E-state index in [1.807, 2.05) is 6.33 Å². The topological polar surface area (TPSA) is 64.1 Å². The summed E-state index contributed by atoms with van der Waals surface area (Å²) in [4.78, 5) is 4.40. The van der Waals surface area contributed by atoms with Crippen LogP contribution in [0.3, 0.4) is 0 Å². The van der Waals surface area contributed by atoms with Crippen LogP contribution in [-0.2, 0) is 6.54 Å². The molecule has 3 N–H and O–H groups in total. The van der Waals surface area contributed by atoms with E-state index in [9.17, 15) is 5.11 Å². The first-order chi connectivity index (χ1) is 8.43. The zero-order valence-electron chi connectivity index (χ0n) is 11.3. The van der Waals surface area contributed by atoms with E-state index in [4.69, 9.17) is 5.73 Å². The molecule has 0 aliphatic rings. The molecule has 0 saturated heterocycles. The number of imidazole rings is 1. The summed E-state index contributed by atoms with van der Waals surface area (Å²) < 4.78 is 2.08. The van der Waals surface area contributed by atoms with Gasteiger partial charge >= 0.3 is 0 Å². The van der Waals surface area contributed by atoms with Crippen LogP contribution in [0, 0.1) is 13.8 Å². The summed E-state index contributed by atoms with van der Waals surface area (Å²) in [5.74, 6) is 0. The van der Waals surface area contributed by atoms with Gasteiger partial charge in [0.2, 0.25) is 0 Å². The van der Waals surface area contributed by atoms with Gasteiger partial charge in [-0.1, -0.05) is 0 Å². The number of nitrogens with two attached hydrogens (primary N) is 1. The van der Waals surface area contributed by atoms with Crippen molar-refractivity contribution in [1.82, 2.24) is 9.55 Å². The number of hydrogen-bond donors (Lipinski definition) is 2. The zero-order chi connectivity index (χ0) is 13.3. The van der Waals surface area contributed by atoms with E-state index < -0.39 is 5.60 Å². The number of aryl methyl sites for hydroxylation is 3. The van der Waals surface area contributed by atoms with Crippen molar-refractivity contribution in [3.63, 3.8) is 0 Å². The van der Waals surface area contributed by atoms with Crippen molar-refractivity contribution in [1.29, 1.82) is 0 Å². The quantitative estimate of drug-likeness (QED) is 0.865. The van der Waals surface area contributed by atoms with Crippen LogP contribution in [0.15, 0.2) is 18.5 Å². The number of nitrogens with zero attached hydrogens (tertiary/aromatic N) is 2. The van der Waals surface area contributed by atoms with E-state index in [1.165, 1.54) is 11.1 Å². The molecule has 0 radical (unpaired) electrons. The van der Waals surface area contributed by atoms with Crippen molar-refractivity contribution in [2.45, 2.75) is 39.3 Å². The van der Waals surface area contributed by atoms with Crippen molar-refractivity contribution < 1.29 is 5.11 Å². The van der Waals surface area contributed by atoms with Gasteiger partial charge < -0.3 is 15.4 Å². The van der Waals surface area contributed by atoms with Crippen molar-refractivity contribution in [3.8, 4) is 0 Å². The van der Waals surface area contributed by atoms with Gasteiger partial charge in [-0.25, -0.2) is 4.98 Å². The molecule has 0 saturated carbocycles. The molecule has 0 aliphatic carbocycles. The predicted octanol–water partition coefficient (Wildman–Crippen LogP) is 1.75. The van der Waals surface area contributed by atoms with Crippen LogP contribution in [0.25, 0.3) is 11.0 Å². The molecule has 1 atom stereocenters. The van der Waals surface area contributed by atoms with E-state index in [-0.39, 0.29) is 6.54 Å². The first-order valence-corrected chi connectivity index (χ1v) is 6.27. The molecule has 1 aromatic carbocycles. The molecular weight excluding hydrogens is 226 g/mol. The highest BCUT2D eigenvalue weighted by Gasteiger charge is 2.18. The van der Waals surface area contributed by atoms with Gasteiger partial charge in [0.25, 0.3) is 0 Å². The molecule has 98 valence electrons. The average molecular weight is 247 g/mol. The van der Waals surface area contributed by atoms with Crippen molar-refractivity contribution in [2.24, 2.45) is 5.73 Å². The Bertz CT molecular complexity index is 557. The van der Waals surface area contributed by atoms with Crippen LogP contribution < -0.4 is 5.73 Å². The smallest absolute Gasteiger partial charge is 0.0958 e. The lowest BCUT2D eigenvalue weighted by Gasteiger charge is -2.21. The SMILES string of the molecule is Cc1cc2ncn(CCC(C)(O)CN)c2cc1C. The fraction of sp³-hybridized carbons (Fsp3) is 0.500. The maximum atomic E-state index is 9.93. The van der Waals surface area contributed by atoms with Crippen molar-refractivity contribution in [3.05, 3.63) is 29.6 Å². The summed E-state index contributed by atoms with van der Waals surface area (Å²) in [6.45, 7) is 6.96. The molecule has 2 rings (SSSR count). The summed E-state index contributed by atoms with van der Waals surface area (Å²) in [6.07, 6.45) is 2.46. The highest BCUT2D eigenvalue weighted by atomic mass is 16.3. The molecule has 0 fully saturated rings.